The molecule has 0 unspecified atom stereocenters. The van der Waals surface area contributed by atoms with E-state index < -0.39 is 0 Å². The molecule has 1 heterocycles. The molecule has 0 saturated carbocycles. The molecule has 4 nitrogen and oxygen atoms in total. The third kappa shape index (κ3) is 3.39. The van der Waals surface area contributed by atoms with Crippen LogP contribution in [0.25, 0.3) is 0 Å². The summed E-state index contributed by atoms with van der Waals surface area (Å²) in [5.41, 5.74) is 6.51. The lowest BCUT2D eigenvalue weighted by Crippen LogP contribution is -2.07. The minimum absolute atomic E-state index is 0.0773. The highest BCUT2D eigenvalue weighted by molar-refractivity contribution is 7.09. The van der Waals surface area contributed by atoms with Crippen molar-refractivity contribution >= 4 is 17.1 Å². The smallest absolute Gasteiger partial charge is 0.212 e. The standard InChI is InChI=1S/C14H16N2O2S/c1-9(2)18-11-5-3-4-10(6-11)14(17)12-8-19-13(7-15)16-12/h3-6,8-9H,7,15H2,1-2H3. The Hall–Kier alpha value is -1.72. The van der Waals surface area contributed by atoms with Crippen LogP contribution in [0, 0.1) is 0 Å². The molecular formula is C14H16N2O2S. The lowest BCUT2D eigenvalue weighted by atomic mass is 10.1. The van der Waals surface area contributed by atoms with Crippen molar-refractivity contribution in [3.63, 3.8) is 0 Å². The van der Waals surface area contributed by atoms with Crippen LogP contribution in [-0.4, -0.2) is 16.9 Å². The monoisotopic (exact) mass is 276 g/mol. The summed E-state index contributed by atoms with van der Waals surface area (Å²) < 4.78 is 5.58. The van der Waals surface area contributed by atoms with Crippen LogP contribution >= 0.6 is 11.3 Å². The predicted molar refractivity (Wildman–Crippen MR) is 75.6 cm³/mol. The first-order valence-corrected chi connectivity index (χ1v) is 6.94. The molecule has 1 aromatic heterocycles. The van der Waals surface area contributed by atoms with Gasteiger partial charge in [0.2, 0.25) is 5.78 Å². The third-order valence-corrected chi connectivity index (χ3v) is 3.30. The zero-order valence-electron chi connectivity index (χ0n) is 10.9. The second kappa shape index (κ2) is 5.95. The number of aromatic nitrogens is 1. The second-order valence-corrected chi connectivity index (χ2v) is 5.30. The summed E-state index contributed by atoms with van der Waals surface area (Å²) in [6.07, 6.45) is 0.0773. The van der Waals surface area contributed by atoms with Gasteiger partial charge in [0.1, 0.15) is 16.5 Å². The van der Waals surface area contributed by atoms with E-state index in [1.165, 1.54) is 11.3 Å². The van der Waals surface area contributed by atoms with Crippen molar-refractivity contribution in [3.8, 4) is 5.75 Å². The molecule has 0 atom stereocenters. The van der Waals surface area contributed by atoms with Gasteiger partial charge in [-0.3, -0.25) is 4.79 Å². The summed E-state index contributed by atoms with van der Waals surface area (Å²) in [6.45, 7) is 4.25. The normalized spacial score (nSPS) is 10.7. The van der Waals surface area contributed by atoms with Crippen LogP contribution in [0.15, 0.2) is 29.6 Å². The zero-order chi connectivity index (χ0) is 13.8. The van der Waals surface area contributed by atoms with Crippen molar-refractivity contribution in [2.45, 2.75) is 26.5 Å². The summed E-state index contributed by atoms with van der Waals surface area (Å²) in [6, 6.07) is 7.14. The fourth-order valence-corrected chi connectivity index (χ4v) is 2.29. The Balaban J connectivity index is 2.23. The van der Waals surface area contributed by atoms with Gasteiger partial charge in [0.05, 0.1) is 6.10 Å². The van der Waals surface area contributed by atoms with Crippen LogP contribution in [0.2, 0.25) is 0 Å². The number of rotatable bonds is 5. The van der Waals surface area contributed by atoms with Crippen molar-refractivity contribution < 1.29 is 9.53 Å². The van der Waals surface area contributed by atoms with Crippen molar-refractivity contribution in [2.24, 2.45) is 5.73 Å². The van der Waals surface area contributed by atoms with Crippen molar-refractivity contribution in [2.75, 3.05) is 0 Å². The molecule has 0 radical (unpaired) electrons. The highest BCUT2D eigenvalue weighted by Crippen LogP contribution is 2.19. The van der Waals surface area contributed by atoms with Crippen LogP contribution in [0.5, 0.6) is 5.75 Å². The Morgan fingerprint density at radius 3 is 2.89 bits per heavy atom. The molecule has 19 heavy (non-hydrogen) atoms. The van der Waals surface area contributed by atoms with Crippen molar-refractivity contribution in [3.05, 3.63) is 45.9 Å². The van der Waals surface area contributed by atoms with Gasteiger partial charge in [0.25, 0.3) is 0 Å². The maximum absolute atomic E-state index is 12.3. The van der Waals surface area contributed by atoms with Crippen LogP contribution < -0.4 is 10.5 Å². The van der Waals surface area contributed by atoms with Gasteiger partial charge in [-0.1, -0.05) is 12.1 Å². The molecule has 0 spiro atoms. The lowest BCUT2D eigenvalue weighted by Gasteiger charge is -2.10. The Morgan fingerprint density at radius 2 is 2.26 bits per heavy atom. The summed E-state index contributed by atoms with van der Waals surface area (Å²) in [7, 11) is 0. The van der Waals surface area contributed by atoms with E-state index in [4.69, 9.17) is 10.5 Å². The molecule has 0 bridgehead atoms. The minimum atomic E-state index is -0.106. The predicted octanol–water partition coefficient (Wildman–Crippen LogP) is 2.62. The third-order valence-electron chi connectivity index (χ3n) is 2.43. The van der Waals surface area contributed by atoms with Gasteiger partial charge < -0.3 is 10.5 Å². The summed E-state index contributed by atoms with van der Waals surface area (Å²) in [5, 5.41) is 2.50. The zero-order valence-corrected chi connectivity index (χ0v) is 11.7. The van der Waals surface area contributed by atoms with Gasteiger partial charge >= 0.3 is 0 Å². The molecule has 0 amide bonds. The van der Waals surface area contributed by atoms with Gasteiger partial charge in [-0.25, -0.2) is 4.98 Å². The van der Waals surface area contributed by atoms with Gasteiger partial charge in [0.15, 0.2) is 0 Å². The highest BCUT2D eigenvalue weighted by Gasteiger charge is 2.13. The molecule has 2 aromatic rings. The molecular weight excluding hydrogens is 260 g/mol. The fraction of sp³-hybridized carbons (Fsp3) is 0.286. The van der Waals surface area contributed by atoms with Crippen LogP contribution in [0.1, 0.15) is 34.9 Å². The minimum Gasteiger partial charge on any atom is -0.491 e. The number of carbonyl (C=O) groups excluding carboxylic acids is 1. The molecule has 0 saturated heterocycles. The molecule has 0 aliphatic heterocycles. The number of hydrogen-bond acceptors (Lipinski definition) is 5. The van der Waals surface area contributed by atoms with Crippen molar-refractivity contribution in [1.82, 2.24) is 4.98 Å². The number of thiazole rings is 1. The first-order valence-electron chi connectivity index (χ1n) is 6.06. The lowest BCUT2D eigenvalue weighted by molar-refractivity contribution is 0.103. The largest absolute Gasteiger partial charge is 0.491 e. The van der Waals surface area contributed by atoms with E-state index in [9.17, 15) is 4.79 Å². The first-order chi connectivity index (χ1) is 9.10. The van der Waals surface area contributed by atoms with Crippen LogP contribution in [0.4, 0.5) is 0 Å². The molecule has 5 heteroatoms. The number of carbonyl (C=O) groups is 1. The van der Waals surface area contributed by atoms with Crippen molar-refractivity contribution in [1.29, 1.82) is 0 Å². The van der Waals surface area contributed by atoms with Gasteiger partial charge in [-0.05, 0) is 26.0 Å². The summed E-state index contributed by atoms with van der Waals surface area (Å²) in [4.78, 5) is 16.5. The van der Waals surface area contributed by atoms with E-state index >= 15 is 0 Å². The Bertz CT molecular complexity index is 578. The SMILES string of the molecule is CC(C)Oc1cccc(C(=O)c2csc(CN)n2)c1. The van der Waals surface area contributed by atoms with Gasteiger partial charge in [-0.15, -0.1) is 11.3 Å². The number of ketones is 1. The fourth-order valence-electron chi connectivity index (χ4n) is 1.64. The molecule has 0 aliphatic carbocycles. The molecule has 0 fully saturated rings. The molecule has 100 valence electrons. The molecule has 2 N–H and O–H groups in total. The number of nitrogens with zero attached hydrogens (tertiary/aromatic N) is 1. The van der Waals surface area contributed by atoms with Gasteiger partial charge in [-0.2, -0.15) is 0 Å². The Morgan fingerprint density at radius 1 is 1.47 bits per heavy atom. The highest BCUT2D eigenvalue weighted by atomic mass is 32.1. The van der Waals surface area contributed by atoms with Crippen LogP contribution in [-0.2, 0) is 6.54 Å². The van der Waals surface area contributed by atoms with E-state index in [1.54, 1.807) is 23.6 Å². The number of hydrogen-bond donors (Lipinski definition) is 1. The van der Waals surface area contributed by atoms with E-state index in [1.807, 2.05) is 19.9 Å². The number of nitrogens with two attached hydrogens (primary N) is 1. The van der Waals surface area contributed by atoms with E-state index in [-0.39, 0.29) is 11.9 Å². The van der Waals surface area contributed by atoms with E-state index in [2.05, 4.69) is 4.98 Å². The summed E-state index contributed by atoms with van der Waals surface area (Å²) >= 11 is 1.40. The Kier molecular flexibility index (Phi) is 4.29. The maximum atomic E-state index is 12.3. The summed E-state index contributed by atoms with van der Waals surface area (Å²) in [5.74, 6) is 0.584. The maximum Gasteiger partial charge on any atom is 0.212 e. The topological polar surface area (TPSA) is 65.2 Å². The first kappa shape index (κ1) is 13.7. The van der Waals surface area contributed by atoms with E-state index in [0.29, 0.717) is 23.6 Å². The second-order valence-electron chi connectivity index (χ2n) is 4.35. The Labute approximate surface area is 116 Å². The molecule has 1 aromatic carbocycles. The molecule has 2 rings (SSSR count). The number of benzene rings is 1. The van der Waals surface area contributed by atoms with Crippen LogP contribution in [0.3, 0.4) is 0 Å². The molecule has 0 aliphatic rings. The average Bonchev–Trinajstić information content (AvgIpc) is 2.86. The quantitative estimate of drug-likeness (QED) is 0.853. The average molecular weight is 276 g/mol. The van der Waals surface area contributed by atoms with E-state index in [0.717, 1.165) is 5.01 Å². The number of ether oxygens (including phenoxy) is 1. The van der Waals surface area contributed by atoms with Gasteiger partial charge in [0, 0.05) is 17.5 Å².